The van der Waals surface area contributed by atoms with Gasteiger partial charge in [0, 0.05) is 17.6 Å². The summed E-state index contributed by atoms with van der Waals surface area (Å²) in [5.74, 6) is 0.690. The van der Waals surface area contributed by atoms with E-state index < -0.39 is 11.7 Å². The zero-order valence-corrected chi connectivity index (χ0v) is 19.2. The van der Waals surface area contributed by atoms with Crippen LogP contribution in [0, 0.1) is 5.92 Å². The summed E-state index contributed by atoms with van der Waals surface area (Å²) in [7, 11) is 0. The average Bonchev–Trinajstić information content (AvgIpc) is 2.96. The van der Waals surface area contributed by atoms with Crippen molar-refractivity contribution in [3.63, 3.8) is 0 Å². The maximum atomic E-state index is 13.2. The minimum Gasteiger partial charge on any atom is -0.493 e. The van der Waals surface area contributed by atoms with Crippen LogP contribution in [-0.4, -0.2) is 16.2 Å². The first-order valence-corrected chi connectivity index (χ1v) is 10.7. The maximum Gasteiger partial charge on any atom is 0.416 e. The van der Waals surface area contributed by atoms with Crippen LogP contribution in [0.4, 0.5) is 13.2 Å². The van der Waals surface area contributed by atoms with Crippen molar-refractivity contribution in [2.45, 2.75) is 59.7 Å². The van der Waals surface area contributed by atoms with Crippen LogP contribution < -0.4 is 9.54 Å². The molecule has 0 aliphatic carbocycles. The highest BCUT2D eigenvalue weighted by atomic mass is 32.1. The van der Waals surface area contributed by atoms with Gasteiger partial charge < -0.3 is 9.30 Å². The smallest absolute Gasteiger partial charge is 0.416 e. The van der Waals surface area contributed by atoms with Crippen LogP contribution in [0.15, 0.2) is 29.4 Å². The third kappa shape index (κ3) is 6.15. The van der Waals surface area contributed by atoms with Crippen LogP contribution in [0.5, 0.6) is 5.75 Å². The Bertz CT molecular complexity index is 935. The molecule has 1 aromatic carbocycles. The van der Waals surface area contributed by atoms with Gasteiger partial charge in [-0.2, -0.15) is 13.2 Å². The number of ether oxygens (including phenoxy) is 1. The van der Waals surface area contributed by atoms with Gasteiger partial charge in [-0.05, 0) is 36.5 Å². The fraction of sp³-hybridized carbons (Fsp3) is 0.524. The van der Waals surface area contributed by atoms with Crippen LogP contribution in [0.3, 0.4) is 0 Å². The molecule has 2 aromatic rings. The molecule has 0 unspecified atom stereocenters. The van der Waals surface area contributed by atoms with Gasteiger partial charge in [0.15, 0.2) is 4.80 Å². The monoisotopic (exact) mass is 444 g/mol. The number of nitrogens with zero attached hydrogens (tertiary/aromatic N) is 2. The van der Waals surface area contributed by atoms with Gasteiger partial charge in [0.25, 0.3) is 0 Å². The molecule has 0 N–H and O–H groups in total. The van der Waals surface area contributed by atoms with Gasteiger partial charge in [-0.1, -0.05) is 46.8 Å². The van der Waals surface area contributed by atoms with Gasteiger partial charge in [-0.3, -0.25) is 0 Å². The van der Waals surface area contributed by atoms with E-state index in [1.807, 2.05) is 4.57 Å². The highest BCUT2D eigenvalue weighted by molar-refractivity contribution is 7.80. The lowest BCUT2D eigenvalue weighted by Gasteiger charge is -2.14. The molecule has 0 spiro atoms. The Kier molecular flexibility index (Phi) is 7.32. The summed E-state index contributed by atoms with van der Waals surface area (Å²) in [5, 5.41) is 0. The van der Waals surface area contributed by atoms with E-state index in [1.165, 1.54) is 17.4 Å². The summed E-state index contributed by atoms with van der Waals surface area (Å²) in [6.07, 6.45) is -2.41. The molecule has 0 fully saturated rings. The number of hydrogen-bond donors (Lipinski definition) is 0. The molecule has 0 saturated heterocycles. The van der Waals surface area contributed by atoms with Crippen molar-refractivity contribution < 1.29 is 17.9 Å². The predicted molar refractivity (Wildman–Crippen MR) is 116 cm³/mol. The van der Waals surface area contributed by atoms with Gasteiger partial charge in [-0.25, -0.2) is 4.99 Å². The third-order valence-electron chi connectivity index (χ3n) is 4.06. The summed E-state index contributed by atoms with van der Waals surface area (Å²) < 4.78 is 47.1. The number of aromatic nitrogens is 1. The number of thiocarbonyl (C=S) groups is 1. The second-order valence-electron chi connectivity index (χ2n) is 8.23. The number of halogens is 3. The first-order valence-electron chi connectivity index (χ1n) is 9.46. The van der Waals surface area contributed by atoms with Crippen LogP contribution >= 0.6 is 23.6 Å². The van der Waals surface area contributed by atoms with Gasteiger partial charge >= 0.3 is 6.18 Å². The lowest BCUT2D eigenvalue weighted by Crippen LogP contribution is -2.19. The Morgan fingerprint density at radius 3 is 2.41 bits per heavy atom. The Balaban J connectivity index is 2.60. The minimum absolute atomic E-state index is 0.0640. The molecule has 29 heavy (non-hydrogen) atoms. The van der Waals surface area contributed by atoms with Gasteiger partial charge in [0.1, 0.15) is 10.7 Å². The van der Waals surface area contributed by atoms with Crippen molar-refractivity contribution in [2.24, 2.45) is 10.9 Å². The molecule has 0 radical (unpaired) electrons. The molecular formula is C21H27F3N2OS2. The standard InChI is InChI=1S/C21H27F3N2OS2/c1-7-27-16-9-8-14(21(22,23)24)10-15(16)18(28)25-19-26(11-13(2)3)12-17(29-19)20(4,5)6/h8-10,12-13H,7,11H2,1-6H3/b25-19-. The summed E-state index contributed by atoms with van der Waals surface area (Å²) in [4.78, 5) is 6.44. The van der Waals surface area contributed by atoms with E-state index in [0.717, 1.165) is 23.6 Å². The van der Waals surface area contributed by atoms with Crippen LogP contribution in [-0.2, 0) is 18.1 Å². The average molecular weight is 445 g/mol. The number of rotatable bonds is 5. The molecule has 0 amide bonds. The molecule has 1 heterocycles. The number of hydrogen-bond acceptors (Lipinski definition) is 3. The second kappa shape index (κ2) is 9.00. The molecule has 0 aliphatic heterocycles. The molecule has 0 bridgehead atoms. The topological polar surface area (TPSA) is 26.5 Å². The Labute approximate surface area is 179 Å². The largest absolute Gasteiger partial charge is 0.493 e. The maximum absolute atomic E-state index is 13.2. The molecule has 0 saturated carbocycles. The van der Waals surface area contributed by atoms with Crippen molar-refractivity contribution in [2.75, 3.05) is 6.61 Å². The summed E-state index contributed by atoms with van der Waals surface area (Å²) in [6, 6.07) is 3.32. The zero-order chi connectivity index (χ0) is 22.0. The molecular weight excluding hydrogens is 417 g/mol. The van der Waals surface area contributed by atoms with Gasteiger partial charge in [-0.15, -0.1) is 11.3 Å². The quantitative estimate of drug-likeness (QED) is 0.514. The molecule has 1 aromatic heterocycles. The molecule has 8 heteroatoms. The van der Waals surface area contributed by atoms with Crippen LogP contribution in [0.1, 0.15) is 57.5 Å². The van der Waals surface area contributed by atoms with E-state index in [0.29, 0.717) is 23.1 Å². The highest BCUT2D eigenvalue weighted by Crippen LogP contribution is 2.33. The van der Waals surface area contributed by atoms with Crippen molar-refractivity contribution >= 4 is 28.5 Å². The molecule has 2 rings (SSSR count). The normalized spacial score (nSPS) is 13.2. The van der Waals surface area contributed by atoms with Crippen LogP contribution in [0.25, 0.3) is 0 Å². The number of thiazole rings is 1. The van der Waals surface area contributed by atoms with Gasteiger partial charge in [0.05, 0.1) is 17.7 Å². The van der Waals surface area contributed by atoms with E-state index in [4.69, 9.17) is 17.0 Å². The van der Waals surface area contributed by atoms with E-state index >= 15 is 0 Å². The summed E-state index contributed by atoms with van der Waals surface area (Å²) >= 11 is 6.95. The SMILES string of the molecule is CCOc1ccc(C(F)(F)F)cc1C(=S)/N=c1\sc(C(C)(C)C)cn1CC(C)C. The van der Waals surface area contributed by atoms with Crippen molar-refractivity contribution in [3.05, 3.63) is 45.2 Å². The lowest BCUT2D eigenvalue weighted by molar-refractivity contribution is -0.137. The van der Waals surface area contributed by atoms with Crippen LogP contribution in [0.2, 0.25) is 0 Å². The zero-order valence-electron chi connectivity index (χ0n) is 17.6. The Hall–Kier alpha value is -1.67. The summed E-state index contributed by atoms with van der Waals surface area (Å²) in [5.41, 5.74) is -0.658. The molecule has 0 aliphatic rings. The van der Waals surface area contributed by atoms with Crippen molar-refractivity contribution in [1.29, 1.82) is 0 Å². The number of benzene rings is 1. The van der Waals surface area contributed by atoms with Crippen molar-refractivity contribution in [3.8, 4) is 5.75 Å². The lowest BCUT2D eigenvalue weighted by atomic mass is 9.95. The molecule has 160 valence electrons. The Morgan fingerprint density at radius 1 is 1.24 bits per heavy atom. The minimum atomic E-state index is -4.46. The van der Waals surface area contributed by atoms with Gasteiger partial charge in [0.2, 0.25) is 0 Å². The first-order chi connectivity index (χ1) is 13.3. The van der Waals surface area contributed by atoms with E-state index in [2.05, 4.69) is 45.8 Å². The highest BCUT2D eigenvalue weighted by Gasteiger charge is 2.31. The Morgan fingerprint density at radius 2 is 1.90 bits per heavy atom. The predicted octanol–water partition coefficient (Wildman–Crippen LogP) is 6.20. The summed E-state index contributed by atoms with van der Waals surface area (Å²) in [6.45, 7) is 13.4. The fourth-order valence-corrected chi connectivity index (χ4v) is 4.01. The second-order valence-corrected chi connectivity index (χ2v) is 9.63. The van der Waals surface area contributed by atoms with E-state index in [-0.39, 0.29) is 16.0 Å². The number of alkyl halides is 3. The third-order valence-corrected chi connectivity index (χ3v) is 5.81. The fourth-order valence-electron chi connectivity index (χ4n) is 2.64. The molecule has 0 atom stereocenters. The molecule has 3 nitrogen and oxygen atoms in total. The first kappa shape index (κ1) is 23.6. The van der Waals surface area contributed by atoms with E-state index in [9.17, 15) is 13.2 Å². The van der Waals surface area contributed by atoms with Crippen molar-refractivity contribution in [1.82, 2.24) is 4.57 Å². The van der Waals surface area contributed by atoms with E-state index in [1.54, 1.807) is 6.92 Å².